The maximum atomic E-state index is 12.3. The quantitative estimate of drug-likeness (QED) is 0.690. The number of carbonyl (C=O) groups excluding carboxylic acids is 1. The van der Waals surface area contributed by atoms with Crippen molar-refractivity contribution in [2.24, 2.45) is 7.05 Å². The SMILES string of the molecule is Cc1nnc(SCC(=O)Nc2ccccc2Cc2ccccc2)n1C. The average molecular weight is 352 g/mol. The maximum Gasteiger partial charge on any atom is 0.234 e. The second-order valence-electron chi connectivity index (χ2n) is 5.75. The van der Waals surface area contributed by atoms with Crippen LogP contribution in [-0.4, -0.2) is 26.4 Å². The number of rotatable bonds is 6. The standard InChI is InChI=1S/C19H20N4OS/c1-14-21-22-19(23(14)2)25-13-18(24)20-17-11-7-6-10-16(17)12-15-8-4-3-5-9-15/h3-11H,12-13H2,1-2H3,(H,20,24). The van der Waals surface area contributed by atoms with E-state index in [4.69, 9.17) is 0 Å². The summed E-state index contributed by atoms with van der Waals surface area (Å²) in [7, 11) is 1.89. The lowest BCUT2D eigenvalue weighted by Crippen LogP contribution is -2.15. The van der Waals surface area contributed by atoms with Gasteiger partial charge in [-0.25, -0.2) is 0 Å². The topological polar surface area (TPSA) is 59.8 Å². The van der Waals surface area contributed by atoms with Gasteiger partial charge in [-0.05, 0) is 30.5 Å². The number of para-hydroxylation sites is 1. The first-order valence-electron chi connectivity index (χ1n) is 8.04. The number of hydrogen-bond donors (Lipinski definition) is 1. The first-order chi connectivity index (χ1) is 12.1. The van der Waals surface area contributed by atoms with Crippen molar-refractivity contribution >= 4 is 23.4 Å². The lowest BCUT2D eigenvalue weighted by Gasteiger charge is -2.11. The van der Waals surface area contributed by atoms with E-state index in [-0.39, 0.29) is 5.91 Å². The minimum absolute atomic E-state index is 0.0498. The third-order valence-corrected chi connectivity index (χ3v) is 4.93. The number of carbonyl (C=O) groups is 1. The highest BCUT2D eigenvalue weighted by Crippen LogP contribution is 2.20. The van der Waals surface area contributed by atoms with Crippen LogP contribution in [0.25, 0.3) is 0 Å². The normalized spacial score (nSPS) is 10.6. The van der Waals surface area contributed by atoms with E-state index < -0.39 is 0 Å². The second kappa shape index (κ2) is 7.98. The summed E-state index contributed by atoms with van der Waals surface area (Å²) >= 11 is 1.38. The molecule has 1 N–H and O–H groups in total. The first-order valence-corrected chi connectivity index (χ1v) is 9.02. The molecule has 0 bridgehead atoms. The minimum Gasteiger partial charge on any atom is -0.325 e. The molecule has 25 heavy (non-hydrogen) atoms. The molecule has 0 atom stereocenters. The maximum absolute atomic E-state index is 12.3. The van der Waals surface area contributed by atoms with Gasteiger partial charge in [0.1, 0.15) is 5.82 Å². The molecule has 3 aromatic rings. The predicted molar refractivity (Wildman–Crippen MR) is 101 cm³/mol. The van der Waals surface area contributed by atoms with Gasteiger partial charge in [-0.3, -0.25) is 4.79 Å². The van der Waals surface area contributed by atoms with E-state index in [0.717, 1.165) is 28.7 Å². The fourth-order valence-corrected chi connectivity index (χ4v) is 3.20. The van der Waals surface area contributed by atoms with E-state index in [1.807, 2.05) is 61.0 Å². The molecule has 1 aromatic heterocycles. The molecule has 0 unspecified atom stereocenters. The number of anilines is 1. The number of aromatic nitrogens is 3. The van der Waals surface area contributed by atoms with Gasteiger partial charge in [0, 0.05) is 12.7 Å². The van der Waals surface area contributed by atoms with E-state index in [1.54, 1.807) is 0 Å². The Bertz CT molecular complexity index is 861. The molecule has 0 aliphatic carbocycles. The molecule has 0 aliphatic heterocycles. The summed E-state index contributed by atoms with van der Waals surface area (Å²) in [4.78, 5) is 12.3. The van der Waals surface area contributed by atoms with Crippen LogP contribution >= 0.6 is 11.8 Å². The third kappa shape index (κ3) is 4.48. The highest BCUT2D eigenvalue weighted by atomic mass is 32.2. The van der Waals surface area contributed by atoms with Crippen LogP contribution in [0.2, 0.25) is 0 Å². The zero-order valence-electron chi connectivity index (χ0n) is 14.3. The Kier molecular flexibility index (Phi) is 5.50. The number of aryl methyl sites for hydroxylation is 1. The smallest absolute Gasteiger partial charge is 0.234 e. The van der Waals surface area contributed by atoms with Crippen LogP contribution in [0.15, 0.2) is 59.8 Å². The lowest BCUT2D eigenvalue weighted by molar-refractivity contribution is -0.113. The Balaban J connectivity index is 1.64. The molecule has 0 saturated carbocycles. The highest BCUT2D eigenvalue weighted by Gasteiger charge is 2.11. The van der Waals surface area contributed by atoms with Gasteiger partial charge in [0.2, 0.25) is 5.91 Å². The van der Waals surface area contributed by atoms with E-state index in [9.17, 15) is 4.79 Å². The lowest BCUT2D eigenvalue weighted by atomic mass is 10.0. The number of thioether (sulfide) groups is 1. The van der Waals surface area contributed by atoms with Crippen LogP contribution in [0.4, 0.5) is 5.69 Å². The minimum atomic E-state index is -0.0498. The van der Waals surface area contributed by atoms with Gasteiger partial charge in [-0.1, -0.05) is 60.3 Å². The number of hydrogen-bond acceptors (Lipinski definition) is 4. The van der Waals surface area contributed by atoms with Crippen molar-refractivity contribution in [1.29, 1.82) is 0 Å². The molecule has 0 radical (unpaired) electrons. The Morgan fingerprint density at radius 1 is 1.08 bits per heavy atom. The molecule has 0 aliphatic rings. The largest absolute Gasteiger partial charge is 0.325 e. The summed E-state index contributed by atoms with van der Waals surface area (Å²) in [6.45, 7) is 1.89. The molecular formula is C19H20N4OS. The third-order valence-electron chi connectivity index (χ3n) is 3.91. The van der Waals surface area contributed by atoms with Crippen LogP contribution in [0.3, 0.4) is 0 Å². The van der Waals surface area contributed by atoms with Gasteiger partial charge in [0.15, 0.2) is 5.16 Å². The van der Waals surface area contributed by atoms with Gasteiger partial charge in [-0.2, -0.15) is 0 Å². The summed E-state index contributed by atoms with van der Waals surface area (Å²) in [5, 5.41) is 11.8. The molecule has 5 nitrogen and oxygen atoms in total. The number of nitrogens with one attached hydrogen (secondary N) is 1. The first kappa shape index (κ1) is 17.2. The van der Waals surface area contributed by atoms with E-state index in [0.29, 0.717) is 5.75 Å². The number of benzene rings is 2. The van der Waals surface area contributed by atoms with Crippen LogP contribution < -0.4 is 5.32 Å². The van der Waals surface area contributed by atoms with E-state index in [1.165, 1.54) is 17.3 Å². The van der Waals surface area contributed by atoms with Crippen molar-refractivity contribution in [3.63, 3.8) is 0 Å². The molecule has 0 fully saturated rings. The van der Waals surface area contributed by atoms with Gasteiger partial charge in [0.05, 0.1) is 5.75 Å². The number of nitrogens with zero attached hydrogens (tertiary/aromatic N) is 3. The molecule has 3 rings (SSSR count). The van der Waals surface area contributed by atoms with Crippen LogP contribution in [0.1, 0.15) is 17.0 Å². The van der Waals surface area contributed by atoms with Crippen molar-refractivity contribution in [3.05, 3.63) is 71.5 Å². The molecule has 0 saturated heterocycles. The average Bonchev–Trinajstić information content (AvgIpc) is 2.94. The van der Waals surface area contributed by atoms with E-state index >= 15 is 0 Å². The Morgan fingerprint density at radius 3 is 2.52 bits per heavy atom. The van der Waals surface area contributed by atoms with Crippen LogP contribution in [-0.2, 0) is 18.3 Å². The molecule has 128 valence electrons. The number of amides is 1. The highest BCUT2D eigenvalue weighted by molar-refractivity contribution is 7.99. The van der Waals surface area contributed by atoms with Crippen molar-refractivity contribution in [1.82, 2.24) is 14.8 Å². The molecule has 1 amide bonds. The van der Waals surface area contributed by atoms with Crippen molar-refractivity contribution in [2.45, 2.75) is 18.5 Å². The zero-order chi connectivity index (χ0) is 17.6. The molecule has 0 spiro atoms. The fraction of sp³-hybridized carbons (Fsp3) is 0.211. The summed E-state index contributed by atoms with van der Waals surface area (Å²) in [6, 6.07) is 18.1. The van der Waals surface area contributed by atoms with Crippen LogP contribution in [0, 0.1) is 6.92 Å². The summed E-state index contributed by atoms with van der Waals surface area (Å²) in [6.07, 6.45) is 0.785. The zero-order valence-corrected chi connectivity index (χ0v) is 15.1. The van der Waals surface area contributed by atoms with E-state index in [2.05, 4.69) is 27.6 Å². The summed E-state index contributed by atoms with van der Waals surface area (Å²) in [5.41, 5.74) is 3.17. The van der Waals surface area contributed by atoms with Gasteiger partial charge in [0.25, 0.3) is 0 Å². The van der Waals surface area contributed by atoms with Gasteiger partial charge in [-0.15, -0.1) is 10.2 Å². The van der Waals surface area contributed by atoms with Crippen molar-refractivity contribution in [3.8, 4) is 0 Å². The van der Waals surface area contributed by atoms with Crippen molar-refractivity contribution in [2.75, 3.05) is 11.1 Å². The Morgan fingerprint density at radius 2 is 1.80 bits per heavy atom. The molecule has 6 heteroatoms. The second-order valence-corrected chi connectivity index (χ2v) is 6.69. The predicted octanol–water partition coefficient (Wildman–Crippen LogP) is 3.45. The van der Waals surface area contributed by atoms with Gasteiger partial charge < -0.3 is 9.88 Å². The van der Waals surface area contributed by atoms with Crippen LogP contribution in [0.5, 0.6) is 0 Å². The fourth-order valence-electron chi connectivity index (χ4n) is 2.44. The van der Waals surface area contributed by atoms with Crippen molar-refractivity contribution < 1.29 is 4.79 Å². The molecule has 2 aromatic carbocycles. The molecular weight excluding hydrogens is 332 g/mol. The Hall–Kier alpha value is -2.60. The summed E-state index contributed by atoms with van der Waals surface area (Å²) < 4.78 is 1.88. The Labute approximate surface area is 151 Å². The molecule has 1 heterocycles. The van der Waals surface area contributed by atoms with Gasteiger partial charge >= 0.3 is 0 Å². The summed E-state index contributed by atoms with van der Waals surface area (Å²) in [5.74, 6) is 1.08. The monoisotopic (exact) mass is 352 g/mol.